The summed E-state index contributed by atoms with van der Waals surface area (Å²) in [7, 11) is -3.07. The lowest BCUT2D eigenvalue weighted by atomic mass is 10.2. The molecule has 0 aromatic heterocycles. The third-order valence-electron chi connectivity index (χ3n) is 4.99. The van der Waals surface area contributed by atoms with E-state index in [9.17, 15) is 18.0 Å². The number of benzene rings is 1. The first kappa shape index (κ1) is 20.9. The van der Waals surface area contributed by atoms with Crippen molar-refractivity contribution in [2.24, 2.45) is 4.99 Å². The van der Waals surface area contributed by atoms with E-state index in [0.717, 1.165) is 11.3 Å². The molecule has 2 heterocycles. The quantitative estimate of drug-likeness (QED) is 0.721. The third-order valence-corrected chi connectivity index (χ3v) is 7.81. The molecule has 0 radical (unpaired) electrons. The van der Waals surface area contributed by atoms with Crippen LogP contribution in [0.25, 0.3) is 0 Å². The summed E-state index contributed by atoms with van der Waals surface area (Å²) in [5.74, 6) is -0.0923. The lowest BCUT2D eigenvalue weighted by Gasteiger charge is -2.30. The molecule has 1 aromatic carbocycles. The molecule has 2 amide bonds. The maximum Gasteiger partial charge on any atom is 0.254 e. The molecule has 28 heavy (non-hydrogen) atoms. The van der Waals surface area contributed by atoms with Crippen LogP contribution in [0.2, 0.25) is 0 Å². The summed E-state index contributed by atoms with van der Waals surface area (Å²) in [5, 5.41) is 0.0330. The van der Waals surface area contributed by atoms with Crippen LogP contribution in [0, 0.1) is 6.92 Å². The van der Waals surface area contributed by atoms with E-state index in [4.69, 9.17) is 0 Å². The van der Waals surface area contributed by atoms with Gasteiger partial charge in [-0.05, 0) is 39.3 Å². The van der Waals surface area contributed by atoms with Crippen molar-refractivity contribution in [3.05, 3.63) is 29.8 Å². The van der Waals surface area contributed by atoms with Gasteiger partial charge in [0.2, 0.25) is 5.91 Å². The second-order valence-electron chi connectivity index (χ2n) is 7.10. The zero-order valence-electron chi connectivity index (χ0n) is 16.3. The highest BCUT2D eigenvalue weighted by Gasteiger charge is 2.37. The number of aliphatic imine (C=N–C) groups is 1. The maximum atomic E-state index is 13.0. The Labute approximate surface area is 170 Å². The number of carbonyl (C=O) groups is 2. The molecule has 3 rings (SSSR count). The summed E-state index contributed by atoms with van der Waals surface area (Å²) in [6.45, 7) is 6.13. The van der Waals surface area contributed by atoms with Gasteiger partial charge in [-0.1, -0.05) is 29.5 Å². The smallest absolute Gasteiger partial charge is 0.254 e. The standard InChI is InChI=1S/C19H25N3O4S2/c1-4-21(16-9-10-28(25,26)12-16)18(24)14(3)27-19-20-11-17(23)22(19)15-7-5-13(2)6-8-15/h5-8,14,16H,4,9-12H2,1-3H3/t14-,16+/m0/s1. The fraction of sp³-hybridized carbons (Fsp3) is 0.526. The fourth-order valence-corrected chi connectivity index (χ4v) is 6.21. The number of thioether (sulfide) groups is 1. The molecule has 9 heteroatoms. The molecule has 0 unspecified atom stereocenters. The van der Waals surface area contributed by atoms with E-state index in [-0.39, 0.29) is 35.9 Å². The van der Waals surface area contributed by atoms with Gasteiger partial charge in [0.1, 0.15) is 6.54 Å². The number of amides is 2. The second kappa shape index (κ2) is 8.24. The minimum Gasteiger partial charge on any atom is -0.338 e. The topological polar surface area (TPSA) is 87.1 Å². The number of hydrogen-bond acceptors (Lipinski definition) is 6. The average molecular weight is 424 g/mol. The van der Waals surface area contributed by atoms with Gasteiger partial charge in [0.25, 0.3) is 5.91 Å². The summed E-state index contributed by atoms with van der Waals surface area (Å²) in [6.07, 6.45) is 0.480. The lowest BCUT2D eigenvalue weighted by Crippen LogP contribution is -2.45. The van der Waals surface area contributed by atoms with Crippen LogP contribution in [0.4, 0.5) is 5.69 Å². The predicted octanol–water partition coefficient (Wildman–Crippen LogP) is 1.85. The molecule has 0 aliphatic carbocycles. The lowest BCUT2D eigenvalue weighted by molar-refractivity contribution is -0.131. The van der Waals surface area contributed by atoms with Gasteiger partial charge in [-0.3, -0.25) is 19.5 Å². The van der Waals surface area contributed by atoms with Crippen LogP contribution >= 0.6 is 11.8 Å². The number of hydrogen-bond donors (Lipinski definition) is 0. The van der Waals surface area contributed by atoms with Crippen molar-refractivity contribution in [1.29, 1.82) is 0 Å². The Morgan fingerprint density at radius 3 is 2.61 bits per heavy atom. The first-order valence-corrected chi connectivity index (χ1v) is 12.0. The Hall–Kier alpha value is -1.87. The Bertz CT molecular complexity index is 896. The van der Waals surface area contributed by atoms with E-state index >= 15 is 0 Å². The third kappa shape index (κ3) is 4.41. The maximum absolute atomic E-state index is 13.0. The summed E-state index contributed by atoms with van der Waals surface area (Å²) < 4.78 is 23.6. The second-order valence-corrected chi connectivity index (χ2v) is 10.6. The van der Waals surface area contributed by atoms with Gasteiger partial charge >= 0.3 is 0 Å². The number of sulfone groups is 1. The number of amidine groups is 1. The van der Waals surface area contributed by atoms with Gasteiger partial charge in [-0.2, -0.15) is 0 Å². The largest absolute Gasteiger partial charge is 0.338 e. The van der Waals surface area contributed by atoms with Crippen LogP contribution < -0.4 is 4.90 Å². The molecule has 2 aliphatic heterocycles. The number of nitrogens with zero attached hydrogens (tertiary/aromatic N) is 3. The van der Waals surface area contributed by atoms with E-state index in [1.807, 2.05) is 38.1 Å². The van der Waals surface area contributed by atoms with Gasteiger partial charge in [-0.25, -0.2) is 8.42 Å². The molecule has 152 valence electrons. The van der Waals surface area contributed by atoms with Crippen molar-refractivity contribution in [3.63, 3.8) is 0 Å². The van der Waals surface area contributed by atoms with E-state index in [0.29, 0.717) is 18.1 Å². The highest BCUT2D eigenvalue weighted by atomic mass is 32.2. The molecule has 0 bridgehead atoms. The highest BCUT2D eigenvalue weighted by molar-refractivity contribution is 8.15. The Morgan fingerprint density at radius 1 is 1.36 bits per heavy atom. The minimum absolute atomic E-state index is 0.0267. The van der Waals surface area contributed by atoms with Crippen LogP contribution in [-0.4, -0.2) is 66.2 Å². The van der Waals surface area contributed by atoms with Crippen molar-refractivity contribution in [3.8, 4) is 0 Å². The van der Waals surface area contributed by atoms with Crippen molar-refractivity contribution >= 4 is 44.3 Å². The van der Waals surface area contributed by atoms with Crippen LogP contribution in [-0.2, 0) is 19.4 Å². The summed E-state index contributed by atoms with van der Waals surface area (Å²) >= 11 is 1.24. The predicted molar refractivity (Wildman–Crippen MR) is 112 cm³/mol. The first-order chi connectivity index (χ1) is 13.2. The highest BCUT2D eigenvalue weighted by Crippen LogP contribution is 2.28. The monoisotopic (exact) mass is 423 g/mol. The van der Waals surface area contributed by atoms with E-state index in [1.165, 1.54) is 11.8 Å². The van der Waals surface area contributed by atoms with E-state index < -0.39 is 15.1 Å². The van der Waals surface area contributed by atoms with E-state index in [2.05, 4.69) is 4.99 Å². The molecule has 2 atom stereocenters. The SMILES string of the molecule is CCN(C(=O)[C@H](C)SC1=NCC(=O)N1c1ccc(C)cc1)[C@@H]1CCS(=O)(=O)C1. The molecular weight excluding hydrogens is 398 g/mol. The average Bonchev–Trinajstić information content (AvgIpc) is 3.18. The number of carbonyl (C=O) groups excluding carboxylic acids is 2. The van der Waals surface area contributed by atoms with Gasteiger partial charge in [0, 0.05) is 12.6 Å². The van der Waals surface area contributed by atoms with Crippen molar-refractivity contribution in [1.82, 2.24) is 4.90 Å². The van der Waals surface area contributed by atoms with Crippen molar-refractivity contribution in [2.75, 3.05) is 29.5 Å². The molecule has 1 aromatic rings. The molecule has 1 saturated heterocycles. The van der Waals surface area contributed by atoms with Crippen molar-refractivity contribution in [2.45, 2.75) is 38.5 Å². The van der Waals surface area contributed by atoms with Crippen LogP contribution in [0.15, 0.2) is 29.3 Å². The van der Waals surface area contributed by atoms with Gasteiger partial charge < -0.3 is 4.90 Å². The number of anilines is 1. The Kier molecular flexibility index (Phi) is 6.14. The van der Waals surface area contributed by atoms with Gasteiger partial charge in [0.15, 0.2) is 15.0 Å². The Balaban J connectivity index is 1.71. The first-order valence-electron chi connectivity index (χ1n) is 9.33. The molecule has 0 spiro atoms. The zero-order valence-corrected chi connectivity index (χ0v) is 17.9. The summed E-state index contributed by atoms with van der Waals surface area (Å²) in [6, 6.07) is 7.31. The van der Waals surface area contributed by atoms with Crippen LogP contribution in [0.1, 0.15) is 25.8 Å². The summed E-state index contributed by atoms with van der Waals surface area (Å²) in [5.41, 5.74) is 1.82. The zero-order chi connectivity index (χ0) is 20.5. The minimum atomic E-state index is -3.07. The summed E-state index contributed by atoms with van der Waals surface area (Å²) in [4.78, 5) is 32.8. The number of aryl methyl sites for hydroxylation is 1. The van der Waals surface area contributed by atoms with Crippen LogP contribution in [0.3, 0.4) is 0 Å². The van der Waals surface area contributed by atoms with Gasteiger partial charge in [-0.15, -0.1) is 0 Å². The normalized spacial score (nSPS) is 22.2. The Morgan fingerprint density at radius 2 is 2.04 bits per heavy atom. The fourth-order valence-electron chi connectivity index (χ4n) is 3.48. The molecule has 1 fully saturated rings. The van der Waals surface area contributed by atoms with Crippen molar-refractivity contribution < 1.29 is 18.0 Å². The number of rotatable bonds is 5. The molecular formula is C19H25N3O4S2. The molecule has 2 aliphatic rings. The van der Waals surface area contributed by atoms with Crippen LogP contribution in [0.5, 0.6) is 0 Å². The molecule has 0 saturated carbocycles. The van der Waals surface area contributed by atoms with E-state index in [1.54, 1.807) is 16.7 Å². The molecule has 7 nitrogen and oxygen atoms in total. The molecule has 0 N–H and O–H groups in total. The van der Waals surface area contributed by atoms with Gasteiger partial charge in [0.05, 0.1) is 22.4 Å².